The van der Waals surface area contributed by atoms with Crippen LogP contribution >= 0.6 is 0 Å². The number of benzene rings is 1. The van der Waals surface area contributed by atoms with Gasteiger partial charge in [0.15, 0.2) is 0 Å². The molecule has 1 aromatic carbocycles. The molecule has 0 bridgehead atoms. The molecule has 1 unspecified atom stereocenters. The summed E-state index contributed by atoms with van der Waals surface area (Å²) >= 11 is 0. The van der Waals surface area contributed by atoms with Crippen LogP contribution in [0.4, 0.5) is 5.69 Å². The fourth-order valence-electron chi connectivity index (χ4n) is 2.88. The van der Waals surface area contributed by atoms with E-state index >= 15 is 0 Å². The minimum atomic E-state index is 0.647. The van der Waals surface area contributed by atoms with Crippen LogP contribution < -0.4 is 10.2 Å². The van der Waals surface area contributed by atoms with Gasteiger partial charge in [0.05, 0.1) is 0 Å². The fraction of sp³-hybridized carbons (Fsp3) is 0.600. The van der Waals surface area contributed by atoms with E-state index in [-0.39, 0.29) is 0 Å². The normalized spacial score (nSPS) is 19.7. The van der Waals surface area contributed by atoms with Crippen molar-refractivity contribution in [1.29, 1.82) is 0 Å². The van der Waals surface area contributed by atoms with E-state index in [2.05, 4.69) is 51.0 Å². The quantitative estimate of drug-likeness (QED) is 0.843. The molecule has 1 N–H and O–H groups in total. The molecule has 1 heterocycles. The number of rotatable bonds is 2. The van der Waals surface area contributed by atoms with Crippen molar-refractivity contribution in [2.24, 2.45) is 0 Å². The van der Waals surface area contributed by atoms with Gasteiger partial charge < -0.3 is 10.2 Å². The van der Waals surface area contributed by atoms with Gasteiger partial charge >= 0.3 is 0 Å². The summed E-state index contributed by atoms with van der Waals surface area (Å²) in [5, 5.41) is 3.45. The van der Waals surface area contributed by atoms with Gasteiger partial charge in [0.1, 0.15) is 0 Å². The third kappa shape index (κ3) is 2.19. The highest BCUT2D eigenvalue weighted by molar-refractivity contribution is 5.64. The Kier molecular flexibility index (Phi) is 3.43. The van der Waals surface area contributed by atoms with Crippen LogP contribution in [0.15, 0.2) is 6.07 Å². The molecule has 1 saturated heterocycles. The topological polar surface area (TPSA) is 15.3 Å². The zero-order valence-electron chi connectivity index (χ0n) is 11.7. The zero-order chi connectivity index (χ0) is 12.6. The Labute approximate surface area is 105 Å². The standard InChI is InChI=1S/C15H24N2/c1-10-8-11(2)13(4)15(12(10)3)17(5)14-6-7-16-9-14/h8,14,16H,6-7,9H2,1-5H3. The first kappa shape index (κ1) is 12.4. The molecular formula is C15H24N2. The van der Waals surface area contributed by atoms with Gasteiger partial charge in [-0.25, -0.2) is 0 Å². The molecule has 1 aromatic rings. The van der Waals surface area contributed by atoms with Crippen molar-refractivity contribution in [1.82, 2.24) is 5.32 Å². The van der Waals surface area contributed by atoms with E-state index in [1.54, 1.807) is 0 Å². The molecule has 0 spiro atoms. The second kappa shape index (κ2) is 4.69. The molecular weight excluding hydrogens is 208 g/mol. The van der Waals surface area contributed by atoms with Crippen molar-refractivity contribution in [3.63, 3.8) is 0 Å². The van der Waals surface area contributed by atoms with Crippen molar-refractivity contribution >= 4 is 5.69 Å². The monoisotopic (exact) mass is 232 g/mol. The van der Waals surface area contributed by atoms with Crippen LogP contribution in [-0.4, -0.2) is 26.2 Å². The molecule has 2 nitrogen and oxygen atoms in total. The number of aryl methyl sites for hydroxylation is 2. The molecule has 2 rings (SSSR count). The predicted molar refractivity (Wildman–Crippen MR) is 75.1 cm³/mol. The number of hydrogen-bond donors (Lipinski definition) is 1. The summed E-state index contributed by atoms with van der Waals surface area (Å²) in [5.74, 6) is 0. The van der Waals surface area contributed by atoms with E-state index in [9.17, 15) is 0 Å². The Morgan fingerprint density at radius 3 is 2.18 bits per heavy atom. The lowest BCUT2D eigenvalue weighted by Gasteiger charge is -2.30. The minimum Gasteiger partial charge on any atom is -0.370 e. The molecule has 1 aliphatic rings. The maximum absolute atomic E-state index is 3.45. The second-order valence-electron chi connectivity index (χ2n) is 5.37. The maximum Gasteiger partial charge on any atom is 0.0431 e. The molecule has 1 fully saturated rings. The summed E-state index contributed by atoms with van der Waals surface area (Å²) in [4.78, 5) is 2.48. The van der Waals surface area contributed by atoms with Crippen LogP contribution in [0.1, 0.15) is 28.7 Å². The van der Waals surface area contributed by atoms with Gasteiger partial charge in [-0.15, -0.1) is 0 Å². The molecule has 0 radical (unpaired) electrons. The van der Waals surface area contributed by atoms with Crippen LogP contribution in [0.2, 0.25) is 0 Å². The average Bonchev–Trinajstić information content (AvgIpc) is 2.80. The Morgan fingerprint density at radius 1 is 1.12 bits per heavy atom. The van der Waals surface area contributed by atoms with Crippen LogP contribution in [0, 0.1) is 27.7 Å². The van der Waals surface area contributed by atoms with E-state index in [4.69, 9.17) is 0 Å². The molecule has 1 aliphatic heterocycles. The van der Waals surface area contributed by atoms with Gasteiger partial charge in [0.2, 0.25) is 0 Å². The van der Waals surface area contributed by atoms with Crippen molar-refractivity contribution in [3.05, 3.63) is 28.3 Å². The third-order valence-corrected chi connectivity index (χ3v) is 4.26. The van der Waals surface area contributed by atoms with Gasteiger partial charge in [-0.1, -0.05) is 6.07 Å². The first-order valence-electron chi connectivity index (χ1n) is 6.53. The summed E-state index contributed by atoms with van der Waals surface area (Å²) in [6.07, 6.45) is 1.25. The zero-order valence-corrected chi connectivity index (χ0v) is 11.7. The molecule has 0 aliphatic carbocycles. The lowest BCUT2D eigenvalue weighted by Crippen LogP contribution is -2.34. The van der Waals surface area contributed by atoms with Crippen molar-refractivity contribution in [2.45, 2.75) is 40.2 Å². The van der Waals surface area contributed by atoms with E-state index in [1.807, 2.05) is 0 Å². The molecule has 0 amide bonds. The first-order valence-corrected chi connectivity index (χ1v) is 6.53. The van der Waals surface area contributed by atoms with E-state index in [0.717, 1.165) is 13.1 Å². The third-order valence-electron chi connectivity index (χ3n) is 4.26. The van der Waals surface area contributed by atoms with Gasteiger partial charge in [-0.2, -0.15) is 0 Å². The average molecular weight is 232 g/mol. The first-order chi connectivity index (χ1) is 8.02. The van der Waals surface area contributed by atoms with Crippen molar-refractivity contribution < 1.29 is 0 Å². The van der Waals surface area contributed by atoms with E-state index in [0.29, 0.717) is 6.04 Å². The molecule has 94 valence electrons. The summed E-state index contributed by atoms with van der Waals surface area (Å²) in [7, 11) is 2.24. The fourth-order valence-corrected chi connectivity index (χ4v) is 2.88. The number of hydrogen-bond acceptors (Lipinski definition) is 2. The Balaban J connectivity index is 2.42. The highest BCUT2D eigenvalue weighted by Gasteiger charge is 2.22. The largest absolute Gasteiger partial charge is 0.370 e. The maximum atomic E-state index is 3.45. The van der Waals surface area contributed by atoms with Crippen LogP contribution in [0.3, 0.4) is 0 Å². The lowest BCUT2D eigenvalue weighted by atomic mass is 9.97. The lowest BCUT2D eigenvalue weighted by molar-refractivity contribution is 0.682. The molecule has 1 atom stereocenters. The van der Waals surface area contributed by atoms with Crippen molar-refractivity contribution in [2.75, 3.05) is 25.0 Å². The minimum absolute atomic E-state index is 0.647. The number of nitrogens with zero attached hydrogens (tertiary/aromatic N) is 1. The van der Waals surface area contributed by atoms with Gasteiger partial charge in [0, 0.05) is 25.3 Å². The summed E-state index contributed by atoms with van der Waals surface area (Å²) < 4.78 is 0. The highest BCUT2D eigenvalue weighted by Crippen LogP contribution is 2.31. The van der Waals surface area contributed by atoms with Gasteiger partial charge in [-0.3, -0.25) is 0 Å². The Bertz CT molecular complexity index is 391. The predicted octanol–water partition coefficient (Wildman–Crippen LogP) is 2.72. The van der Waals surface area contributed by atoms with Gasteiger partial charge in [-0.05, 0) is 62.9 Å². The molecule has 0 saturated carbocycles. The number of likely N-dealkylation sites (N-methyl/N-ethyl adjacent to an activating group) is 1. The van der Waals surface area contributed by atoms with Crippen LogP contribution in [0.25, 0.3) is 0 Å². The molecule has 17 heavy (non-hydrogen) atoms. The van der Waals surface area contributed by atoms with E-state index in [1.165, 1.54) is 34.4 Å². The summed E-state index contributed by atoms with van der Waals surface area (Å²) in [6.45, 7) is 11.2. The number of anilines is 1. The summed E-state index contributed by atoms with van der Waals surface area (Å²) in [6, 6.07) is 2.95. The summed E-state index contributed by atoms with van der Waals surface area (Å²) in [5.41, 5.74) is 7.11. The van der Waals surface area contributed by atoms with Crippen molar-refractivity contribution in [3.8, 4) is 0 Å². The highest BCUT2D eigenvalue weighted by atomic mass is 15.2. The number of nitrogens with one attached hydrogen (secondary N) is 1. The molecule has 0 aromatic heterocycles. The van der Waals surface area contributed by atoms with Crippen LogP contribution in [0.5, 0.6) is 0 Å². The SMILES string of the molecule is Cc1cc(C)c(C)c(N(C)C2CCNC2)c1C. The van der Waals surface area contributed by atoms with Gasteiger partial charge in [0.25, 0.3) is 0 Å². The van der Waals surface area contributed by atoms with Crippen LogP contribution in [-0.2, 0) is 0 Å². The molecule has 2 heteroatoms. The second-order valence-corrected chi connectivity index (χ2v) is 5.37. The Morgan fingerprint density at radius 2 is 1.71 bits per heavy atom. The Hall–Kier alpha value is -1.02. The van der Waals surface area contributed by atoms with E-state index < -0.39 is 0 Å². The smallest absolute Gasteiger partial charge is 0.0431 e.